The number of nitrogens with two attached hydrogens (primary N) is 3. The lowest BCUT2D eigenvalue weighted by Crippen LogP contribution is -2.55. The minimum absolute atomic E-state index is 0.0441. The monoisotopic (exact) mass is 560 g/mol. The van der Waals surface area contributed by atoms with Gasteiger partial charge < -0.3 is 32.3 Å². The molecule has 8 N–H and O–H groups in total. The van der Waals surface area contributed by atoms with Gasteiger partial charge in [0, 0.05) is 31.3 Å². The van der Waals surface area contributed by atoms with Gasteiger partial charge in [0.05, 0.1) is 55.7 Å². The van der Waals surface area contributed by atoms with E-state index in [4.69, 9.17) is 17.2 Å². The molecule has 12 heteroatoms. The van der Waals surface area contributed by atoms with Gasteiger partial charge in [-0.3, -0.25) is 14.6 Å². The molecule has 3 rings (SSSR count). The average Bonchev–Trinajstić information content (AvgIpc) is 2.91. The molecule has 0 radical (unpaired) electrons. The van der Waals surface area contributed by atoms with Crippen LogP contribution in [-0.2, 0) is 22.2 Å². The summed E-state index contributed by atoms with van der Waals surface area (Å²) in [5, 5.41) is 6.26. The first-order valence-electron chi connectivity index (χ1n) is 13.1. The van der Waals surface area contributed by atoms with Gasteiger partial charge in [0.15, 0.2) is 0 Å². The molecule has 9 nitrogen and oxygen atoms in total. The molecular formula is C28H37F3N7O2+. The molecule has 0 fully saturated rings. The Balaban J connectivity index is 1.76. The third-order valence-corrected chi connectivity index (χ3v) is 6.87. The number of benzene rings is 2. The number of hydrogen-bond acceptors (Lipinski definition) is 6. The Kier molecular flexibility index (Phi) is 10.6. The summed E-state index contributed by atoms with van der Waals surface area (Å²) in [6.45, 7) is 2.81. The SMILES string of the molecule is C[N+](CCN)(CCN)CC[C@H](N)C(=O)N[C@@H](Cc1ccc(C(F)(F)F)cc1)C(=O)Nc1cnc2ccccc2c1. The fourth-order valence-corrected chi connectivity index (χ4v) is 4.46. The number of likely N-dealkylation sites (N-methyl/N-ethyl adjacent to an activating group) is 1. The highest BCUT2D eigenvalue weighted by molar-refractivity contribution is 5.99. The second kappa shape index (κ2) is 13.7. The van der Waals surface area contributed by atoms with Crippen molar-refractivity contribution in [3.63, 3.8) is 0 Å². The van der Waals surface area contributed by atoms with Crippen molar-refractivity contribution in [1.29, 1.82) is 0 Å². The highest BCUT2D eigenvalue weighted by atomic mass is 19.4. The highest BCUT2D eigenvalue weighted by Gasteiger charge is 2.31. The van der Waals surface area contributed by atoms with Gasteiger partial charge in [0.25, 0.3) is 0 Å². The van der Waals surface area contributed by atoms with Crippen LogP contribution in [0.2, 0.25) is 0 Å². The van der Waals surface area contributed by atoms with Crippen LogP contribution in [-0.4, -0.2) is 73.1 Å². The van der Waals surface area contributed by atoms with Crippen LogP contribution >= 0.6 is 0 Å². The van der Waals surface area contributed by atoms with Gasteiger partial charge in [0.2, 0.25) is 11.8 Å². The third-order valence-electron chi connectivity index (χ3n) is 6.87. The van der Waals surface area contributed by atoms with E-state index in [2.05, 4.69) is 15.6 Å². The van der Waals surface area contributed by atoms with E-state index >= 15 is 0 Å². The molecule has 2 amide bonds. The largest absolute Gasteiger partial charge is 0.416 e. The van der Waals surface area contributed by atoms with E-state index in [1.807, 2.05) is 31.3 Å². The van der Waals surface area contributed by atoms with Gasteiger partial charge in [-0.25, -0.2) is 0 Å². The van der Waals surface area contributed by atoms with Crippen molar-refractivity contribution in [3.05, 3.63) is 71.9 Å². The topological polar surface area (TPSA) is 149 Å². The van der Waals surface area contributed by atoms with Crippen LogP contribution in [0.5, 0.6) is 0 Å². The molecule has 1 heterocycles. The first-order valence-corrected chi connectivity index (χ1v) is 13.1. The maximum Gasteiger partial charge on any atom is 0.416 e. The van der Waals surface area contributed by atoms with Gasteiger partial charge in [0.1, 0.15) is 6.04 Å². The van der Waals surface area contributed by atoms with Crippen LogP contribution < -0.4 is 27.8 Å². The smallest absolute Gasteiger partial charge is 0.343 e. The predicted octanol–water partition coefficient (Wildman–Crippen LogP) is 2.00. The molecule has 0 aliphatic rings. The van der Waals surface area contributed by atoms with Crippen LogP contribution in [0.25, 0.3) is 10.9 Å². The van der Waals surface area contributed by atoms with Crippen molar-refractivity contribution in [1.82, 2.24) is 10.3 Å². The Bertz CT molecular complexity index is 1280. The number of rotatable bonds is 13. The quantitative estimate of drug-likeness (QED) is 0.202. The molecule has 1 aromatic heterocycles. The number of amides is 2. The Morgan fingerprint density at radius 1 is 0.975 bits per heavy atom. The fraction of sp³-hybridized carbons (Fsp3) is 0.393. The van der Waals surface area contributed by atoms with Gasteiger partial charge in [-0.05, 0) is 29.8 Å². The standard InChI is InChI=1S/C28H36F3N7O2/c1-38(14-11-32,15-12-33)13-10-23(34)26(39)37-25(16-19-6-8-21(9-7-19)28(29,30)31)27(40)36-22-17-20-4-2-3-5-24(20)35-18-22/h2-9,17-18,23,25H,10-16,32-34H2,1H3,(H-,36,37,39,40)/p+1/t23-,25-/m0/s1. The van der Waals surface area contributed by atoms with Crippen molar-refractivity contribution >= 4 is 28.4 Å². The van der Waals surface area contributed by atoms with E-state index in [9.17, 15) is 22.8 Å². The number of hydrogen-bond donors (Lipinski definition) is 5. The summed E-state index contributed by atoms with van der Waals surface area (Å²) >= 11 is 0. The van der Waals surface area contributed by atoms with Crippen molar-refractivity contribution in [2.75, 3.05) is 45.1 Å². The summed E-state index contributed by atoms with van der Waals surface area (Å²) in [5.74, 6) is -1.10. The summed E-state index contributed by atoms with van der Waals surface area (Å²) in [6, 6.07) is 11.6. The van der Waals surface area contributed by atoms with Crippen molar-refractivity contribution in [2.24, 2.45) is 17.2 Å². The molecule has 0 saturated heterocycles. The number of nitrogens with zero attached hydrogens (tertiary/aromatic N) is 2. The molecule has 0 aliphatic heterocycles. The lowest BCUT2D eigenvalue weighted by atomic mass is 10.0. The minimum atomic E-state index is -4.49. The third kappa shape index (κ3) is 8.71. The zero-order valence-electron chi connectivity index (χ0n) is 22.5. The number of anilines is 1. The Hall–Kier alpha value is -3.58. The highest BCUT2D eigenvalue weighted by Crippen LogP contribution is 2.29. The summed E-state index contributed by atoms with van der Waals surface area (Å²) in [7, 11) is 1.99. The lowest BCUT2D eigenvalue weighted by Gasteiger charge is -2.34. The number of carbonyl (C=O) groups excluding carboxylic acids is 2. The van der Waals surface area contributed by atoms with E-state index < -0.39 is 35.6 Å². The Morgan fingerprint density at radius 2 is 1.62 bits per heavy atom. The molecule has 40 heavy (non-hydrogen) atoms. The Morgan fingerprint density at radius 3 is 2.25 bits per heavy atom. The van der Waals surface area contributed by atoms with Crippen molar-refractivity contribution in [3.8, 4) is 0 Å². The lowest BCUT2D eigenvalue weighted by molar-refractivity contribution is -0.907. The molecule has 0 bridgehead atoms. The number of aromatic nitrogens is 1. The predicted molar refractivity (Wildman–Crippen MR) is 149 cm³/mol. The maximum atomic E-state index is 13.3. The molecule has 0 spiro atoms. The average molecular weight is 561 g/mol. The number of alkyl halides is 3. The molecular weight excluding hydrogens is 523 g/mol. The second-order valence-corrected chi connectivity index (χ2v) is 10.1. The number of para-hydroxylation sites is 1. The van der Waals surface area contributed by atoms with Crippen LogP contribution in [0, 0.1) is 0 Å². The van der Waals surface area contributed by atoms with Crippen LogP contribution in [0.3, 0.4) is 0 Å². The summed E-state index contributed by atoms with van der Waals surface area (Å²) in [5.41, 5.74) is 18.4. The number of carbonyl (C=O) groups is 2. The summed E-state index contributed by atoms with van der Waals surface area (Å²) < 4.78 is 39.6. The molecule has 3 aromatic rings. The summed E-state index contributed by atoms with van der Waals surface area (Å²) in [6.07, 6.45) is -2.71. The van der Waals surface area contributed by atoms with E-state index in [1.54, 1.807) is 6.07 Å². The van der Waals surface area contributed by atoms with Gasteiger partial charge in [-0.1, -0.05) is 30.3 Å². The van der Waals surface area contributed by atoms with E-state index in [1.165, 1.54) is 18.3 Å². The van der Waals surface area contributed by atoms with Crippen molar-refractivity contribution in [2.45, 2.75) is 31.1 Å². The van der Waals surface area contributed by atoms with Crippen molar-refractivity contribution < 1.29 is 27.2 Å². The first kappa shape index (κ1) is 31.0. The second-order valence-electron chi connectivity index (χ2n) is 10.1. The molecule has 2 atom stereocenters. The number of halogens is 3. The zero-order valence-corrected chi connectivity index (χ0v) is 22.5. The van der Waals surface area contributed by atoms with Crippen LogP contribution in [0.1, 0.15) is 17.5 Å². The number of pyridine rings is 1. The maximum absolute atomic E-state index is 13.3. The van der Waals surface area contributed by atoms with Crippen LogP contribution in [0.4, 0.5) is 18.9 Å². The van der Waals surface area contributed by atoms with Gasteiger partial charge >= 0.3 is 6.18 Å². The van der Waals surface area contributed by atoms with E-state index in [-0.39, 0.29) is 6.42 Å². The van der Waals surface area contributed by atoms with E-state index in [0.717, 1.165) is 23.0 Å². The fourth-order valence-electron chi connectivity index (χ4n) is 4.46. The van der Waals surface area contributed by atoms with Crippen LogP contribution in [0.15, 0.2) is 60.8 Å². The molecule has 216 valence electrons. The molecule has 0 saturated carbocycles. The molecule has 2 aromatic carbocycles. The number of quaternary nitrogens is 1. The first-order chi connectivity index (χ1) is 18.9. The van der Waals surface area contributed by atoms with Gasteiger partial charge in [-0.15, -0.1) is 0 Å². The minimum Gasteiger partial charge on any atom is -0.343 e. The molecule has 0 aliphatic carbocycles. The molecule has 0 unspecified atom stereocenters. The van der Waals surface area contributed by atoms with Gasteiger partial charge in [-0.2, -0.15) is 13.2 Å². The van der Waals surface area contributed by atoms with E-state index in [0.29, 0.717) is 54.9 Å². The zero-order chi connectivity index (χ0) is 29.3. The number of nitrogens with one attached hydrogen (secondary N) is 2. The number of fused-ring (bicyclic) bond motifs is 1. The Labute approximate surface area is 231 Å². The normalized spacial score (nSPS) is 13.6. The summed E-state index contributed by atoms with van der Waals surface area (Å²) in [4.78, 5) is 30.7.